The number of nitrogens with one attached hydrogen (secondary N) is 1. The van der Waals surface area contributed by atoms with Gasteiger partial charge in [0.1, 0.15) is 5.00 Å². The van der Waals surface area contributed by atoms with E-state index in [0.29, 0.717) is 10.6 Å². The molecule has 0 bridgehead atoms. The number of esters is 1. The van der Waals surface area contributed by atoms with Gasteiger partial charge in [0.25, 0.3) is 0 Å². The van der Waals surface area contributed by atoms with Crippen LogP contribution in [-0.4, -0.2) is 24.3 Å². The number of rotatable bonds is 3. The number of carbonyl (C=O) groups excluding carboxylic acids is 2. The molecule has 14 heavy (non-hydrogen) atoms. The summed E-state index contributed by atoms with van der Waals surface area (Å²) in [4.78, 5) is 22.2. The minimum Gasteiger partial charge on any atom is -0.465 e. The van der Waals surface area contributed by atoms with E-state index in [2.05, 4.69) is 26.0 Å². The number of halogens is 1. The Morgan fingerprint density at radius 2 is 2.36 bits per heavy atom. The van der Waals surface area contributed by atoms with Crippen molar-refractivity contribution in [3.05, 3.63) is 17.0 Å². The molecule has 0 radical (unpaired) electrons. The topological polar surface area (TPSA) is 55.4 Å². The predicted octanol–water partition coefficient (Wildman–Crippen LogP) is 1.87. The van der Waals surface area contributed by atoms with Crippen molar-refractivity contribution in [3.63, 3.8) is 0 Å². The van der Waals surface area contributed by atoms with Crippen LogP contribution < -0.4 is 5.32 Å². The van der Waals surface area contributed by atoms with Gasteiger partial charge in [-0.05, 0) is 11.4 Å². The van der Waals surface area contributed by atoms with Crippen molar-refractivity contribution < 1.29 is 14.3 Å². The van der Waals surface area contributed by atoms with Crippen molar-refractivity contribution in [2.24, 2.45) is 0 Å². The van der Waals surface area contributed by atoms with Crippen LogP contribution in [0.25, 0.3) is 0 Å². The molecule has 1 heterocycles. The molecule has 0 unspecified atom stereocenters. The zero-order valence-corrected chi connectivity index (χ0v) is 9.78. The Kier molecular flexibility index (Phi) is 4.09. The fourth-order valence-electron chi connectivity index (χ4n) is 0.837. The molecule has 0 aromatic carbocycles. The second-order valence-electron chi connectivity index (χ2n) is 2.34. The SMILES string of the molecule is COC(=O)c1ccsc1NC(=O)CBr. The maximum absolute atomic E-state index is 11.2. The molecule has 76 valence electrons. The number of ether oxygens (including phenoxy) is 1. The van der Waals surface area contributed by atoms with Gasteiger partial charge in [-0.25, -0.2) is 4.79 Å². The van der Waals surface area contributed by atoms with E-state index in [0.717, 1.165) is 0 Å². The lowest BCUT2D eigenvalue weighted by Crippen LogP contribution is -2.14. The molecule has 1 rings (SSSR count). The van der Waals surface area contributed by atoms with E-state index in [1.165, 1.54) is 18.4 Å². The highest BCUT2D eigenvalue weighted by molar-refractivity contribution is 9.09. The van der Waals surface area contributed by atoms with Crippen molar-refractivity contribution in [1.29, 1.82) is 0 Å². The van der Waals surface area contributed by atoms with Crippen molar-refractivity contribution in [2.75, 3.05) is 17.8 Å². The van der Waals surface area contributed by atoms with Crippen LogP contribution in [0.3, 0.4) is 0 Å². The van der Waals surface area contributed by atoms with Gasteiger partial charge in [0, 0.05) is 0 Å². The molecule has 1 amide bonds. The smallest absolute Gasteiger partial charge is 0.340 e. The molecule has 0 aliphatic heterocycles. The number of hydrogen-bond donors (Lipinski definition) is 1. The Bertz CT molecular complexity index is 350. The molecule has 4 nitrogen and oxygen atoms in total. The maximum atomic E-state index is 11.2. The Morgan fingerprint density at radius 1 is 1.64 bits per heavy atom. The molecule has 1 aromatic heterocycles. The van der Waals surface area contributed by atoms with E-state index in [-0.39, 0.29) is 11.2 Å². The van der Waals surface area contributed by atoms with Crippen LogP contribution in [0.2, 0.25) is 0 Å². The average Bonchev–Trinajstić information content (AvgIpc) is 2.64. The van der Waals surface area contributed by atoms with Crippen LogP contribution in [-0.2, 0) is 9.53 Å². The van der Waals surface area contributed by atoms with Gasteiger partial charge in [0.05, 0.1) is 18.0 Å². The van der Waals surface area contributed by atoms with Gasteiger partial charge >= 0.3 is 5.97 Å². The summed E-state index contributed by atoms with van der Waals surface area (Å²) in [7, 11) is 1.30. The van der Waals surface area contributed by atoms with E-state index in [9.17, 15) is 9.59 Å². The average molecular weight is 278 g/mol. The monoisotopic (exact) mass is 277 g/mol. The summed E-state index contributed by atoms with van der Waals surface area (Å²) >= 11 is 4.30. The van der Waals surface area contributed by atoms with E-state index in [1.807, 2.05) is 0 Å². The first-order valence-corrected chi connectivity index (χ1v) is 5.70. The fourth-order valence-corrected chi connectivity index (χ4v) is 1.77. The van der Waals surface area contributed by atoms with Gasteiger partial charge in [-0.1, -0.05) is 15.9 Å². The Morgan fingerprint density at radius 3 is 2.93 bits per heavy atom. The standard InChI is InChI=1S/C8H8BrNO3S/c1-13-8(12)5-2-3-14-7(5)10-6(11)4-9/h2-3H,4H2,1H3,(H,10,11). The first-order valence-electron chi connectivity index (χ1n) is 3.70. The van der Waals surface area contributed by atoms with Crippen LogP contribution in [0.1, 0.15) is 10.4 Å². The maximum Gasteiger partial charge on any atom is 0.340 e. The van der Waals surface area contributed by atoms with Gasteiger partial charge in [0.2, 0.25) is 5.91 Å². The third-order valence-electron chi connectivity index (χ3n) is 1.44. The summed E-state index contributed by atoms with van der Waals surface area (Å²) in [6.45, 7) is 0. The predicted molar refractivity (Wildman–Crippen MR) is 58.1 cm³/mol. The lowest BCUT2D eigenvalue weighted by molar-refractivity contribution is -0.113. The van der Waals surface area contributed by atoms with Crippen molar-refractivity contribution in [3.8, 4) is 0 Å². The van der Waals surface area contributed by atoms with E-state index in [1.54, 1.807) is 11.4 Å². The van der Waals surface area contributed by atoms with Gasteiger partial charge < -0.3 is 10.1 Å². The van der Waals surface area contributed by atoms with Crippen LogP contribution in [0.15, 0.2) is 11.4 Å². The third kappa shape index (κ3) is 2.55. The summed E-state index contributed by atoms with van der Waals surface area (Å²) in [5, 5.41) is 5.02. The number of carbonyl (C=O) groups is 2. The second-order valence-corrected chi connectivity index (χ2v) is 3.81. The van der Waals surface area contributed by atoms with Crippen molar-refractivity contribution in [2.45, 2.75) is 0 Å². The number of anilines is 1. The number of hydrogen-bond acceptors (Lipinski definition) is 4. The van der Waals surface area contributed by atoms with Gasteiger partial charge in [-0.15, -0.1) is 11.3 Å². The molecule has 1 aromatic rings. The Labute approximate surface area is 93.4 Å². The largest absolute Gasteiger partial charge is 0.465 e. The minimum absolute atomic E-state index is 0.197. The lowest BCUT2D eigenvalue weighted by Gasteiger charge is -2.02. The highest BCUT2D eigenvalue weighted by atomic mass is 79.9. The molecule has 0 aliphatic rings. The molecule has 0 atom stereocenters. The van der Waals surface area contributed by atoms with Crippen molar-refractivity contribution in [1.82, 2.24) is 0 Å². The number of amides is 1. The quantitative estimate of drug-likeness (QED) is 0.678. The molecule has 0 saturated heterocycles. The van der Waals surface area contributed by atoms with E-state index >= 15 is 0 Å². The zero-order valence-electron chi connectivity index (χ0n) is 7.37. The van der Waals surface area contributed by atoms with Gasteiger partial charge in [-0.3, -0.25) is 4.79 Å². The summed E-state index contributed by atoms with van der Waals surface area (Å²) in [6, 6.07) is 1.61. The number of alkyl halides is 1. The molecule has 6 heteroatoms. The molecule has 0 fully saturated rings. The summed E-state index contributed by atoms with van der Waals surface area (Å²) in [6.07, 6.45) is 0. The Balaban J connectivity index is 2.82. The highest BCUT2D eigenvalue weighted by Crippen LogP contribution is 2.23. The van der Waals surface area contributed by atoms with Crippen LogP contribution >= 0.6 is 27.3 Å². The fraction of sp³-hybridized carbons (Fsp3) is 0.250. The minimum atomic E-state index is -0.448. The zero-order chi connectivity index (χ0) is 10.6. The molecule has 0 saturated carbocycles. The molecule has 1 N–H and O–H groups in total. The normalized spacial score (nSPS) is 9.57. The highest BCUT2D eigenvalue weighted by Gasteiger charge is 2.14. The molecular weight excluding hydrogens is 270 g/mol. The van der Waals surface area contributed by atoms with Crippen LogP contribution in [0, 0.1) is 0 Å². The lowest BCUT2D eigenvalue weighted by atomic mass is 10.3. The summed E-state index contributed by atoms with van der Waals surface area (Å²) in [5.41, 5.74) is 0.381. The molecule has 0 spiro atoms. The van der Waals surface area contributed by atoms with E-state index in [4.69, 9.17) is 0 Å². The van der Waals surface area contributed by atoms with Crippen LogP contribution in [0.5, 0.6) is 0 Å². The first-order chi connectivity index (χ1) is 6.69. The summed E-state index contributed by atoms with van der Waals surface area (Å²) in [5.74, 6) is -0.645. The van der Waals surface area contributed by atoms with Gasteiger partial charge in [-0.2, -0.15) is 0 Å². The Hall–Kier alpha value is -0.880. The second kappa shape index (κ2) is 5.11. The summed E-state index contributed by atoms with van der Waals surface area (Å²) < 4.78 is 4.56. The molecular formula is C8H8BrNO3S. The molecule has 0 aliphatic carbocycles. The number of thiophene rings is 1. The van der Waals surface area contributed by atoms with Crippen LogP contribution in [0.4, 0.5) is 5.00 Å². The first kappa shape index (κ1) is 11.2. The van der Waals surface area contributed by atoms with E-state index < -0.39 is 5.97 Å². The van der Waals surface area contributed by atoms with Crippen molar-refractivity contribution >= 4 is 44.1 Å². The third-order valence-corrected chi connectivity index (χ3v) is 2.78. The van der Waals surface area contributed by atoms with Gasteiger partial charge in [0.15, 0.2) is 0 Å². The number of methoxy groups -OCH3 is 1.